The van der Waals surface area contributed by atoms with Crippen molar-refractivity contribution in [3.05, 3.63) is 54.1 Å². The fourth-order valence-corrected chi connectivity index (χ4v) is 4.30. The van der Waals surface area contributed by atoms with Crippen molar-refractivity contribution in [1.82, 2.24) is 20.6 Å². The van der Waals surface area contributed by atoms with Gasteiger partial charge in [0.15, 0.2) is 0 Å². The van der Waals surface area contributed by atoms with Gasteiger partial charge in [0.1, 0.15) is 0 Å². The quantitative estimate of drug-likeness (QED) is 0.260. The second-order valence-electron chi connectivity index (χ2n) is 10.8. The number of hydrogen-bond acceptors (Lipinski definition) is 5. The van der Waals surface area contributed by atoms with Gasteiger partial charge in [0.25, 0.3) is 0 Å². The lowest BCUT2D eigenvalue weighted by Crippen LogP contribution is -2.29. The van der Waals surface area contributed by atoms with Gasteiger partial charge in [-0.2, -0.15) is 5.21 Å². The Morgan fingerprint density at radius 1 is 0.946 bits per heavy atom. The van der Waals surface area contributed by atoms with Crippen LogP contribution in [0.25, 0.3) is 22.5 Å². The van der Waals surface area contributed by atoms with Crippen LogP contribution in [-0.4, -0.2) is 37.5 Å². The van der Waals surface area contributed by atoms with Gasteiger partial charge >= 0.3 is 0 Å². The fraction of sp³-hybridized carbons (Fsp3) is 0.548. The van der Waals surface area contributed by atoms with Gasteiger partial charge < -0.3 is 5.11 Å². The van der Waals surface area contributed by atoms with Crippen LogP contribution in [0.2, 0.25) is 0 Å². The van der Waals surface area contributed by atoms with E-state index in [1.165, 1.54) is 0 Å². The van der Waals surface area contributed by atoms with Crippen molar-refractivity contribution in [1.29, 1.82) is 0 Å². The Morgan fingerprint density at radius 3 is 2.11 bits per heavy atom. The lowest BCUT2D eigenvalue weighted by atomic mass is 9.80. The smallest absolute Gasteiger partial charge is 0.205 e. The van der Waals surface area contributed by atoms with Crippen LogP contribution < -0.4 is 0 Å². The predicted molar refractivity (Wildman–Crippen MR) is 156 cm³/mol. The summed E-state index contributed by atoms with van der Waals surface area (Å²) in [7, 11) is 0. The Hall–Kier alpha value is -2.86. The minimum absolute atomic E-state index is 0.146. The first-order valence-electron chi connectivity index (χ1n) is 13.8. The Morgan fingerprint density at radius 2 is 1.57 bits per heavy atom. The molecule has 37 heavy (non-hydrogen) atoms. The number of aliphatic imine (C=N–C) groups is 1. The fourth-order valence-electron chi connectivity index (χ4n) is 4.30. The van der Waals surface area contributed by atoms with E-state index in [4.69, 9.17) is 4.99 Å². The molecule has 0 fully saturated rings. The molecule has 0 amide bonds. The van der Waals surface area contributed by atoms with Crippen molar-refractivity contribution < 1.29 is 5.11 Å². The SMILES string of the molecule is CC.CCC(C)C(C)N=C(CC(C)(C)CC)CC(C)(O)c1ccc(-c2ccccc2-c2nn[nH]n2)cc1. The highest BCUT2D eigenvalue weighted by atomic mass is 16.3. The van der Waals surface area contributed by atoms with Crippen LogP contribution >= 0.6 is 0 Å². The highest BCUT2D eigenvalue weighted by Gasteiger charge is 2.29. The molecule has 1 aromatic heterocycles. The highest BCUT2D eigenvalue weighted by Crippen LogP contribution is 2.34. The van der Waals surface area contributed by atoms with Crippen LogP contribution in [0.15, 0.2) is 53.5 Å². The van der Waals surface area contributed by atoms with Gasteiger partial charge in [-0.1, -0.05) is 110 Å². The van der Waals surface area contributed by atoms with Gasteiger partial charge in [-0.25, -0.2) is 0 Å². The van der Waals surface area contributed by atoms with Gasteiger partial charge in [-0.15, -0.1) is 10.2 Å². The van der Waals surface area contributed by atoms with Crippen molar-refractivity contribution in [2.45, 2.75) is 99.6 Å². The summed E-state index contributed by atoms with van der Waals surface area (Å²) >= 11 is 0. The molecule has 0 spiro atoms. The zero-order valence-corrected chi connectivity index (χ0v) is 24.3. The maximum Gasteiger partial charge on any atom is 0.205 e. The molecule has 3 aromatic rings. The van der Waals surface area contributed by atoms with Crippen molar-refractivity contribution in [2.75, 3.05) is 0 Å². The first kappa shape index (κ1) is 30.4. The number of tetrazole rings is 1. The molecule has 3 unspecified atom stereocenters. The summed E-state index contributed by atoms with van der Waals surface area (Å²) in [6.45, 7) is 19.3. The van der Waals surface area contributed by atoms with E-state index < -0.39 is 5.60 Å². The summed E-state index contributed by atoms with van der Waals surface area (Å²) in [5.74, 6) is 1.07. The molecule has 0 saturated carbocycles. The lowest BCUT2D eigenvalue weighted by molar-refractivity contribution is 0.0641. The van der Waals surface area contributed by atoms with Crippen molar-refractivity contribution in [3.63, 3.8) is 0 Å². The number of aliphatic hydroxyl groups is 1. The molecule has 0 aliphatic rings. The molecule has 2 aromatic carbocycles. The van der Waals surface area contributed by atoms with E-state index in [1.54, 1.807) is 0 Å². The van der Waals surface area contributed by atoms with Crippen LogP contribution in [0.4, 0.5) is 0 Å². The van der Waals surface area contributed by atoms with Gasteiger partial charge in [0.2, 0.25) is 5.82 Å². The van der Waals surface area contributed by atoms with Crippen LogP contribution in [0.5, 0.6) is 0 Å². The number of aromatic amines is 1. The lowest BCUT2D eigenvalue weighted by Gasteiger charge is -2.30. The van der Waals surface area contributed by atoms with E-state index in [-0.39, 0.29) is 11.5 Å². The monoisotopic (exact) mass is 505 g/mol. The molecule has 2 N–H and O–H groups in total. The molecule has 0 bridgehead atoms. The van der Waals surface area contributed by atoms with E-state index in [0.717, 1.165) is 47.2 Å². The van der Waals surface area contributed by atoms with Crippen LogP contribution in [0, 0.1) is 11.3 Å². The molecule has 0 aliphatic carbocycles. The highest BCUT2D eigenvalue weighted by molar-refractivity contribution is 5.86. The van der Waals surface area contributed by atoms with E-state index in [2.05, 4.69) is 74.3 Å². The minimum Gasteiger partial charge on any atom is -0.385 e. The summed E-state index contributed by atoms with van der Waals surface area (Å²) in [6.07, 6.45) is 3.57. The number of nitrogens with zero attached hydrogens (tertiary/aromatic N) is 4. The molecule has 0 saturated heterocycles. The summed E-state index contributed by atoms with van der Waals surface area (Å²) < 4.78 is 0. The molecule has 3 rings (SSSR count). The Kier molecular flexibility index (Phi) is 11.2. The third-order valence-electron chi connectivity index (χ3n) is 7.37. The van der Waals surface area contributed by atoms with Crippen molar-refractivity contribution in [2.24, 2.45) is 16.3 Å². The second-order valence-corrected chi connectivity index (χ2v) is 10.8. The largest absolute Gasteiger partial charge is 0.385 e. The number of nitrogens with one attached hydrogen (secondary N) is 1. The average Bonchev–Trinajstić information content (AvgIpc) is 3.44. The predicted octanol–water partition coefficient (Wildman–Crippen LogP) is 7.86. The minimum atomic E-state index is -1.01. The van der Waals surface area contributed by atoms with Gasteiger partial charge in [0.05, 0.1) is 5.60 Å². The third kappa shape index (κ3) is 8.32. The molecule has 6 heteroatoms. The van der Waals surface area contributed by atoms with Gasteiger partial charge in [-0.3, -0.25) is 4.99 Å². The molecule has 6 nitrogen and oxygen atoms in total. The van der Waals surface area contributed by atoms with Gasteiger partial charge in [-0.05, 0) is 53.5 Å². The molecular weight excluding hydrogens is 458 g/mol. The standard InChI is InChI=1S/C29H41N5O.C2H6/c1-8-20(3)21(4)30-24(18-28(5,6)9-2)19-29(7,35)23-16-14-22(15-17-23)25-12-10-11-13-26(25)27-31-33-34-32-27;1-2/h10-17,20-21,35H,8-9,18-19H2,1-7H3,(H,31,32,33,34);1-2H3. The summed E-state index contributed by atoms with van der Waals surface area (Å²) in [5, 5.41) is 26.1. The number of H-pyrrole nitrogens is 1. The Bertz CT molecular complexity index is 1100. The number of rotatable bonds is 11. The second kappa shape index (κ2) is 13.6. The molecular formula is C31H47N5O. The first-order chi connectivity index (χ1) is 17.6. The molecule has 1 heterocycles. The van der Waals surface area contributed by atoms with Crippen molar-refractivity contribution >= 4 is 5.71 Å². The van der Waals surface area contributed by atoms with E-state index >= 15 is 0 Å². The number of hydrogen-bond donors (Lipinski definition) is 2. The molecule has 3 atom stereocenters. The topological polar surface area (TPSA) is 87.0 Å². The average molecular weight is 506 g/mol. The molecule has 0 radical (unpaired) electrons. The number of aromatic nitrogens is 4. The van der Waals surface area contributed by atoms with Crippen LogP contribution in [0.3, 0.4) is 0 Å². The van der Waals surface area contributed by atoms with E-state index in [0.29, 0.717) is 18.2 Å². The van der Waals surface area contributed by atoms with E-state index in [1.807, 2.05) is 57.2 Å². The summed E-state index contributed by atoms with van der Waals surface area (Å²) in [4.78, 5) is 5.13. The molecule has 202 valence electrons. The third-order valence-corrected chi connectivity index (χ3v) is 7.37. The zero-order chi connectivity index (χ0) is 27.6. The van der Waals surface area contributed by atoms with Gasteiger partial charge in [0, 0.05) is 23.7 Å². The number of benzene rings is 2. The first-order valence-corrected chi connectivity index (χ1v) is 13.8. The maximum absolute atomic E-state index is 11.6. The zero-order valence-electron chi connectivity index (χ0n) is 24.3. The Labute approximate surface area is 224 Å². The molecule has 0 aliphatic heterocycles. The van der Waals surface area contributed by atoms with Crippen LogP contribution in [0.1, 0.15) is 93.6 Å². The Balaban J connectivity index is 0.00000235. The van der Waals surface area contributed by atoms with Crippen molar-refractivity contribution in [3.8, 4) is 22.5 Å². The van der Waals surface area contributed by atoms with E-state index in [9.17, 15) is 5.11 Å². The summed E-state index contributed by atoms with van der Waals surface area (Å²) in [5.41, 5.74) is 4.09. The summed E-state index contributed by atoms with van der Waals surface area (Å²) in [6, 6.07) is 16.4. The van der Waals surface area contributed by atoms with Crippen LogP contribution in [-0.2, 0) is 5.60 Å². The maximum atomic E-state index is 11.6. The normalized spacial score (nSPS) is 15.4.